The lowest BCUT2D eigenvalue weighted by Gasteiger charge is -2.17. The second kappa shape index (κ2) is 9.45. The first-order chi connectivity index (χ1) is 14.0. The molecule has 2 atom stereocenters. The number of carbonyl (C=O) groups excluding carboxylic acids is 1. The number of carbonyl (C=O) groups is 1. The minimum atomic E-state index is -0.582. The van der Waals surface area contributed by atoms with E-state index >= 15 is 0 Å². The van der Waals surface area contributed by atoms with E-state index in [1.54, 1.807) is 38.5 Å². The molecule has 3 rings (SSSR count). The van der Waals surface area contributed by atoms with E-state index in [0.29, 0.717) is 22.6 Å². The third-order valence-electron chi connectivity index (χ3n) is 4.40. The van der Waals surface area contributed by atoms with E-state index < -0.39 is 9.65 Å². The minimum Gasteiger partial charge on any atom is -0.497 e. The van der Waals surface area contributed by atoms with Crippen molar-refractivity contribution in [2.45, 2.75) is 9.65 Å². The van der Waals surface area contributed by atoms with Crippen molar-refractivity contribution in [1.82, 2.24) is 5.16 Å². The number of ether oxygens (including phenoxy) is 3. The second-order valence-corrected chi connectivity index (χ2v) is 8.03. The summed E-state index contributed by atoms with van der Waals surface area (Å²) < 4.78 is 21.1. The fraction of sp³-hybridized carbons (Fsp3) is 0.238. The Labute approximate surface area is 185 Å². The van der Waals surface area contributed by atoms with Gasteiger partial charge < -0.3 is 18.7 Å². The van der Waals surface area contributed by atoms with Gasteiger partial charge in [-0.1, -0.05) is 37.0 Å². The molecule has 1 aromatic heterocycles. The molecule has 2 unspecified atom stereocenters. The molecule has 0 amide bonds. The Hall–Kier alpha value is -2.32. The highest BCUT2D eigenvalue weighted by Crippen LogP contribution is 2.44. The number of nitrogens with zero attached hydrogens (tertiary/aromatic N) is 1. The van der Waals surface area contributed by atoms with Crippen molar-refractivity contribution in [1.29, 1.82) is 0 Å². The zero-order valence-corrected chi connectivity index (χ0v) is 19.2. The molecule has 8 heteroatoms. The van der Waals surface area contributed by atoms with E-state index in [2.05, 4.69) is 37.0 Å². The van der Waals surface area contributed by atoms with E-state index in [-0.39, 0.29) is 11.7 Å². The topological polar surface area (TPSA) is 70.8 Å². The van der Waals surface area contributed by atoms with Crippen molar-refractivity contribution < 1.29 is 23.5 Å². The average Bonchev–Trinajstić information content (AvgIpc) is 3.21. The standard InChI is InChI=1S/C21H19Br2NO5/c1-26-14-8-4-12(5-9-14)19-16(21(28-3)29-24-19)17(22)18(23)20(25)13-6-10-15(27-2)11-7-13/h4-11,17-18H,1-3H3. The van der Waals surface area contributed by atoms with Gasteiger partial charge in [-0.15, -0.1) is 0 Å². The molecule has 0 spiro atoms. The molecule has 3 aromatic rings. The zero-order valence-electron chi connectivity index (χ0n) is 16.0. The molecule has 0 aliphatic rings. The van der Waals surface area contributed by atoms with Crippen LogP contribution in [0.25, 0.3) is 11.3 Å². The van der Waals surface area contributed by atoms with Gasteiger partial charge in [-0.25, -0.2) is 0 Å². The molecule has 0 fully saturated rings. The van der Waals surface area contributed by atoms with Gasteiger partial charge in [-0.3, -0.25) is 4.79 Å². The van der Waals surface area contributed by atoms with Gasteiger partial charge in [0.15, 0.2) is 5.78 Å². The predicted molar refractivity (Wildman–Crippen MR) is 117 cm³/mol. The zero-order chi connectivity index (χ0) is 21.0. The Morgan fingerprint density at radius 2 is 1.45 bits per heavy atom. The van der Waals surface area contributed by atoms with Crippen LogP contribution < -0.4 is 14.2 Å². The molecule has 0 aliphatic carbocycles. The fourth-order valence-electron chi connectivity index (χ4n) is 2.82. The molecular weight excluding hydrogens is 506 g/mol. The first-order valence-electron chi connectivity index (χ1n) is 8.64. The summed E-state index contributed by atoms with van der Waals surface area (Å²) in [7, 11) is 4.68. The lowest BCUT2D eigenvalue weighted by Crippen LogP contribution is -2.19. The molecule has 0 saturated heterocycles. The molecule has 6 nitrogen and oxygen atoms in total. The lowest BCUT2D eigenvalue weighted by atomic mass is 10.00. The normalized spacial score (nSPS) is 12.9. The first-order valence-corrected chi connectivity index (χ1v) is 10.5. The Balaban J connectivity index is 1.93. The summed E-state index contributed by atoms with van der Waals surface area (Å²) in [6, 6.07) is 14.4. The van der Waals surface area contributed by atoms with E-state index in [4.69, 9.17) is 18.7 Å². The summed E-state index contributed by atoms with van der Waals surface area (Å²) in [5, 5.41) is 4.15. The maximum atomic E-state index is 13.0. The van der Waals surface area contributed by atoms with E-state index in [9.17, 15) is 4.79 Å². The van der Waals surface area contributed by atoms with Gasteiger partial charge in [-0.05, 0) is 48.5 Å². The summed E-state index contributed by atoms with van der Waals surface area (Å²) in [4.78, 5) is 12.0. The fourth-order valence-corrected chi connectivity index (χ4v) is 4.00. The Morgan fingerprint density at radius 1 is 0.897 bits per heavy atom. The number of methoxy groups -OCH3 is 3. The van der Waals surface area contributed by atoms with Crippen LogP contribution in [0.3, 0.4) is 0 Å². The SMILES string of the molecule is COc1ccc(C(=O)C(Br)C(Br)c2c(-c3ccc(OC)cc3)noc2OC)cc1. The molecule has 0 N–H and O–H groups in total. The van der Waals surface area contributed by atoms with Crippen molar-refractivity contribution in [2.24, 2.45) is 0 Å². The van der Waals surface area contributed by atoms with Crippen molar-refractivity contribution >= 4 is 37.6 Å². The van der Waals surface area contributed by atoms with Crippen LogP contribution in [0.1, 0.15) is 20.7 Å². The van der Waals surface area contributed by atoms with Crippen molar-refractivity contribution in [3.8, 4) is 28.7 Å². The van der Waals surface area contributed by atoms with Crippen molar-refractivity contribution in [3.63, 3.8) is 0 Å². The maximum Gasteiger partial charge on any atom is 0.315 e. The summed E-state index contributed by atoms with van der Waals surface area (Å²) >= 11 is 7.15. The maximum absolute atomic E-state index is 13.0. The summed E-state index contributed by atoms with van der Waals surface area (Å²) in [5.74, 6) is 1.56. The smallest absolute Gasteiger partial charge is 0.315 e. The van der Waals surface area contributed by atoms with Gasteiger partial charge in [0, 0.05) is 11.1 Å². The molecule has 2 aromatic carbocycles. The molecule has 0 radical (unpaired) electrons. The van der Waals surface area contributed by atoms with Gasteiger partial charge in [-0.2, -0.15) is 0 Å². The highest BCUT2D eigenvalue weighted by atomic mass is 79.9. The van der Waals surface area contributed by atoms with Crippen LogP contribution in [-0.4, -0.2) is 37.1 Å². The number of halogens is 2. The highest BCUT2D eigenvalue weighted by Gasteiger charge is 2.33. The molecule has 0 saturated carbocycles. The summed E-state index contributed by atoms with van der Waals surface area (Å²) in [6.07, 6.45) is 0. The number of benzene rings is 2. The molecular formula is C21H19Br2NO5. The number of alkyl halides is 2. The predicted octanol–water partition coefficient (Wildman–Crippen LogP) is 5.45. The van der Waals surface area contributed by atoms with Gasteiger partial charge in [0.05, 0.1) is 36.5 Å². The van der Waals surface area contributed by atoms with Crippen LogP contribution in [0, 0.1) is 0 Å². The quantitative estimate of drug-likeness (QED) is 0.288. The second-order valence-electron chi connectivity index (χ2n) is 6.06. The van der Waals surface area contributed by atoms with Crippen molar-refractivity contribution in [3.05, 3.63) is 59.7 Å². The monoisotopic (exact) mass is 523 g/mol. The Bertz CT molecular complexity index is 970. The summed E-state index contributed by atoms with van der Waals surface area (Å²) in [5.41, 5.74) is 2.59. The number of hydrogen-bond donors (Lipinski definition) is 0. The highest BCUT2D eigenvalue weighted by molar-refractivity contribution is 9.12. The minimum absolute atomic E-state index is 0.0986. The Morgan fingerprint density at radius 3 is 1.97 bits per heavy atom. The number of Topliss-reactive ketones (excluding diaryl/α,β-unsaturated/α-hetero) is 1. The summed E-state index contributed by atoms with van der Waals surface area (Å²) in [6.45, 7) is 0. The largest absolute Gasteiger partial charge is 0.497 e. The van der Waals surface area contributed by atoms with Crippen LogP contribution >= 0.6 is 31.9 Å². The van der Waals surface area contributed by atoms with Gasteiger partial charge in [0.1, 0.15) is 17.2 Å². The van der Waals surface area contributed by atoms with Crippen LogP contribution in [0.5, 0.6) is 17.4 Å². The molecule has 0 aliphatic heterocycles. The van der Waals surface area contributed by atoms with E-state index in [1.165, 1.54) is 7.11 Å². The number of aromatic nitrogens is 1. The van der Waals surface area contributed by atoms with Crippen LogP contribution in [-0.2, 0) is 0 Å². The van der Waals surface area contributed by atoms with Gasteiger partial charge in [0.25, 0.3) is 0 Å². The van der Waals surface area contributed by atoms with E-state index in [1.807, 2.05) is 24.3 Å². The molecule has 1 heterocycles. The number of rotatable bonds is 8. The third kappa shape index (κ3) is 4.48. The average molecular weight is 525 g/mol. The molecule has 152 valence electrons. The van der Waals surface area contributed by atoms with Gasteiger partial charge >= 0.3 is 5.95 Å². The van der Waals surface area contributed by atoms with Crippen LogP contribution in [0.2, 0.25) is 0 Å². The molecule has 29 heavy (non-hydrogen) atoms. The third-order valence-corrected chi connectivity index (χ3v) is 7.04. The Kier molecular flexibility index (Phi) is 6.97. The lowest BCUT2D eigenvalue weighted by molar-refractivity contribution is 0.0990. The number of hydrogen-bond acceptors (Lipinski definition) is 6. The van der Waals surface area contributed by atoms with E-state index in [0.717, 1.165) is 11.3 Å². The van der Waals surface area contributed by atoms with Crippen molar-refractivity contribution in [2.75, 3.05) is 21.3 Å². The first kappa shape index (κ1) is 21.4. The van der Waals surface area contributed by atoms with Crippen LogP contribution in [0.4, 0.5) is 0 Å². The van der Waals surface area contributed by atoms with Crippen LogP contribution in [0.15, 0.2) is 53.1 Å². The van der Waals surface area contributed by atoms with Gasteiger partial charge in [0.2, 0.25) is 0 Å². The number of ketones is 1. The molecule has 0 bridgehead atoms.